The van der Waals surface area contributed by atoms with Gasteiger partial charge in [0.15, 0.2) is 12.6 Å². The maximum Gasteiger partial charge on any atom is 0.330 e. The van der Waals surface area contributed by atoms with E-state index in [-0.39, 0.29) is 19.6 Å². The largest absolute Gasteiger partial charge is 0.437 e. The van der Waals surface area contributed by atoms with Gasteiger partial charge in [0.25, 0.3) is 0 Å². The minimum atomic E-state index is -0.987. The molecule has 0 rings (SSSR count). The van der Waals surface area contributed by atoms with Gasteiger partial charge >= 0.3 is 5.97 Å². The Morgan fingerprint density at radius 2 is 2.00 bits per heavy atom. The van der Waals surface area contributed by atoms with Crippen molar-refractivity contribution in [2.45, 2.75) is 38.8 Å². The molecule has 0 aliphatic carbocycles. The van der Waals surface area contributed by atoms with E-state index in [0.29, 0.717) is 12.8 Å². The van der Waals surface area contributed by atoms with E-state index in [2.05, 4.69) is 5.32 Å². The second kappa shape index (κ2) is 10.9. The molecule has 0 spiro atoms. The molecule has 120 valence electrons. The zero-order chi connectivity index (χ0) is 16.3. The van der Waals surface area contributed by atoms with Crippen molar-refractivity contribution in [1.82, 2.24) is 5.32 Å². The average Bonchev–Trinajstić information content (AvgIpc) is 2.49. The van der Waals surface area contributed by atoms with Crippen LogP contribution in [0.3, 0.4) is 0 Å². The van der Waals surface area contributed by atoms with Gasteiger partial charge < -0.3 is 24.9 Å². The molecular weight excluding hydrogens is 280 g/mol. The maximum absolute atomic E-state index is 11.8. The number of hydrogen-bond acceptors (Lipinski definition) is 7. The average molecular weight is 302 g/mol. The quantitative estimate of drug-likeness (QED) is 0.241. The first-order chi connectivity index (χ1) is 9.96. The molecule has 0 saturated heterocycles. The number of esters is 1. The van der Waals surface area contributed by atoms with Crippen molar-refractivity contribution < 1.29 is 28.6 Å². The van der Waals surface area contributed by atoms with Crippen LogP contribution in [0.2, 0.25) is 0 Å². The van der Waals surface area contributed by atoms with Gasteiger partial charge in [-0.3, -0.25) is 9.59 Å². The number of rotatable bonds is 11. The van der Waals surface area contributed by atoms with Gasteiger partial charge in [-0.25, -0.2) is 4.79 Å². The summed E-state index contributed by atoms with van der Waals surface area (Å²) < 4.78 is 14.6. The molecule has 1 amide bonds. The number of carbonyl (C=O) groups excluding carboxylic acids is 3. The Balaban J connectivity index is 4.59. The highest BCUT2D eigenvalue weighted by atomic mass is 16.7. The van der Waals surface area contributed by atoms with Gasteiger partial charge in [-0.1, -0.05) is 0 Å². The van der Waals surface area contributed by atoms with Gasteiger partial charge in [0.2, 0.25) is 5.91 Å². The Bertz CT molecular complexity index is 372. The summed E-state index contributed by atoms with van der Waals surface area (Å²) in [4.78, 5) is 34.7. The topological polar surface area (TPSA) is 115 Å². The zero-order valence-corrected chi connectivity index (χ0v) is 12.5. The third-order valence-electron chi connectivity index (χ3n) is 2.65. The number of nitrogens with one attached hydrogen (secondary N) is 2. The van der Waals surface area contributed by atoms with E-state index in [1.54, 1.807) is 6.92 Å². The number of Topliss-reactive ketones (excluding diaryl/α,β-unsaturated/α-hetero) is 1. The molecule has 2 atom stereocenters. The lowest BCUT2D eigenvalue weighted by Gasteiger charge is -2.19. The van der Waals surface area contributed by atoms with Gasteiger partial charge in [0, 0.05) is 20.1 Å². The second-order valence-corrected chi connectivity index (χ2v) is 4.16. The summed E-state index contributed by atoms with van der Waals surface area (Å²) >= 11 is 0. The van der Waals surface area contributed by atoms with Crippen LogP contribution in [-0.2, 0) is 28.6 Å². The molecule has 8 nitrogen and oxygen atoms in total. The summed E-state index contributed by atoms with van der Waals surface area (Å²) in [6.45, 7) is 3.44. The first-order valence-electron chi connectivity index (χ1n) is 6.57. The van der Waals surface area contributed by atoms with Crippen LogP contribution in [-0.4, -0.2) is 56.5 Å². The normalized spacial score (nSPS) is 13.1. The highest BCUT2D eigenvalue weighted by molar-refractivity contribution is 6.26. The SMILES string of the molecule is CCOCOC(=O)[C@H](CCC(=O)C=N)NC(=O)[C@@H](C)OC. The Morgan fingerprint density at radius 3 is 2.52 bits per heavy atom. The van der Waals surface area contributed by atoms with Crippen molar-refractivity contribution in [3.63, 3.8) is 0 Å². The van der Waals surface area contributed by atoms with Crippen molar-refractivity contribution in [3.05, 3.63) is 0 Å². The number of ether oxygens (including phenoxy) is 3. The fourth-order valence-corrected chi connectivity index (χ4v) is 1.29. The number of carbonyl (C=O) groups is 3. The number of hydrogen-bond donors (Lipinski definition) is 2. The molecule has 0 unspecified atom stereocenters. The van der Waals surface area contributed by atoms with Crippen LogP contribution < -0.4 is 5.32 Å². The highest BCUT2D eigenvalue weighted by Crippen LogP contribution is 2.03. The van der Waals surface area contributed by atoms with Crippen LogP contribution >= 0.6 is 0 Å². The predicted molar refractivity (Wildman–Crippen MR) is 74.0 cm³/mol. The van der Waals surface area contributed by atoms with E-state index < -0.39 is 29.8 Å². The smallest absolute Gasteiger partial charge is 0.330 e. The second-order valence-electron chi connectivity index (χ2n) is 4.16. The summed E-state index contributed by atoms with van der Waals surface area (Å²) in [5, 5.41) is 9.27. The molecule has 21 heavy (non-hydrogen) atoms. The minimum Gasteiger partial charge on any atom is -0.437 e. The van der Waals surface area contributed by atoms with E-state index >= 15 is 0 Å². The Hall–Kier alpha value is -1.80. The van der Waals surface area contributed by atoms with Crippen molar-refractivity contribution >= 4 is 23.9 Å². The third kappa shape index (κ3) is 8.16. The standard InChI is InChI=1S/C13H22N2O6/c1-4-20-8-21-13(18)11(6-5-10(16)7-14)15-12(17)9(2)19-3/h7,9,11,14H,4-6,8H2,1-3H3,(H,15,17)/t9-,11+/m1/s1. The summed E-state index contributed by atoms with van der Waals surface area (Å²) in [6.07, 6.45) is -0.0612. The molecule has 8 heteroatoms. The van der Waals surface area contributed by atoms with Gasteiger partial charge in [-0.2, -0.15) is 0 Å². The van der Waals surface area contributed by atoms with Crippen LogP contribution in [0.25, 0.3) is 0 Å². The number of methoxy groups -OCH3 is 1. The number of ketones is 1. The summed E-state index contributed by atoms with van der Waals surface area (Å²) in [5.41, 5.74) is 0. The summed E-state index contributed by atoms with van der Waals surface area (Å²) in [7, 11) is 1.37. The highest BCUT2D eigenvalue weighted by Gasteiger charge is 2.25. The Morgan fingerprint density at radius 1 is 1.33 bits per heavy atom. The maximum atomic E-state index is 11.8. The fourth-order valence-electron chi connectivity index (χ4n) is 1.29. The van der Waals surface area contributed by atoms with Crippen molar-refractivity contribution in [2.24, 2.45) is 0 Å². The van der Waals surface area contributed by atoms with Crippen LogP contribution in [0.5, 0.6) is 0 Å². The molecule has 2 N–H and O–H groups in total. The lowest BCUT2D eigenvalue weighted by Crippen LogP contribution is -2.46. The van der Waals surface area contributed by atoms with Gasteiger partial charge in [0.05, 0.1) is 6.21 Å². The molecule has 0 aliphatic heterocycles. The van der Waals surface area contributed by atoms with Gasteiger partial charge in [-0.15, -0.1) is 0 Å². The van der Waals surface area contributed by atoms with E-state index in [0.717, 1.165) is 0 Å². The van der Waals surface area contributed by atoms with E-state index in [4.69, 9.17) is 19.6 Å². The molecule has 0 bridgehead atoms. The summed E-state index contributed by atoms with van der Waals surface area (Å²) in [5.74, 6) is -1.62. The molecular formula is C13H22N2O6. The van der Waals surface area contributed by atoms with Gasteiger partial charge in [-0.05, 0) is 20.3 Å². The monoisotopic (exact) mass is 302 g/mol. The van der Waals surface area contributed by atoms with Crippen LogP contribution in [0.1, 0.15) is 26.7 Å². The van der Waals surface area contributed by atoms with Crippen LogP contribution in [0.15, 0.2) is 0 Å². The Kier molecular flexibility index (Phi) is 9.99. The third-order valence-corrected chi connectivity index (χ3v) is 2.65. The molecule has 0 aromatic heterocycles. The molecule has 0 fully saturated rings. The molecule has 0 saturated carbocycles. The lowest BCUT2D eigenvalue weighted by molar-refractivity contribution is -0.160. The minimum absolute atomic E-state index is 0.0421. The number of amides is 1. The van der Waals surface area contributed by atoms with Gasteiger partial charge in [0.1, 0.15) is 12.1 Å². The van der Waals surface area contributed by atoms with Crippen molar-refractivity contribution in [2.75, 3.05) is 20.5 Å². The van der Waals surface area contributed by atoms with Crippen molar-refractivity contribution in [1.29, 1.82) is 5.41 Å². The molecule has 0 radical (unpaired) electrons. The van der Waals surface area contributed by atoms with Crippen LogP contribution in [0, 0.1) is 5.41 Å². The van der Waals surface area contributed by atoms with E-state index in [1.807, 2.05) is 0 Å². The first kappa shape index (κ1) is 19.2. The molecule has 0 aliphatic rings. The van der Waals surface area contributed by atoms with Crippen LogP contribution in [0.4, 0.5) is 0 Å². The molecule has 0 aromatic rings. The van der Waals surface area contributed by atoms with Crippen molar-refractivity contribution in [3.8, 4) is 0 Å². The Labute approximate surface area is 123 Å². The predicted octanol–water partition coefficient (Wildman–Crippen LogP) is 0.0422. The summed E-state index contributed by atoms with van der Waals surface area (Å²) in [6, 6.07) is -0.987. The van der Waals surface area contributed by atoms with E-state index in [9.17, 15) is 14.4 Å². The zero-order valence-electron chi connectivity index (χ0n) is 12.5. The lowest BCUT2D eigenvalue weighted by atomic mass is 10.1. The molecule has 0 heterocycles. The van der Waals surface area contributed by atoms with E-state index in [1.165, 1.54) is 14.0 Å². The first-order valence-corrected chi connectivity index (χ1v) is 6.57. The molecule has 0 aromatic carbocycles. The fraction of sp³-hybridized carbons (Fsp3) is 0.692.